The Morgan fingerprint density at radius 3 is 2.75 bits per heavy atom. The molecule has 0 heterocycles. The predicted molar refractivity (Wildman–Crippen MR) is 32.2 cm³/mol. The summed E-state index contributed by atoms with van der Waals surface area (Å²) in [6, 6.07) is 0. The molecule has 0 radical (unpaired) electrons. The SMILES string of the molecule is C=NCOCCOC. The van der Waals surface area contributed by atoms with Crippen molar-refractivity contribution < 1.29 is 9.47 Å². The van der Waals surface area contributed by atoms with Crippen molar-refractivity contribution >= 4 is 6.72 Å². The summed E-state index contributed by atoms with van der Waals surface area (Å²) in [4.78, 5) is 3.48. The summed E-state index contributed by atoms with van der Waals surface area (Å²) < 4.78 is 9.57. The molecule has 0 N–H and O–H groups in total. The highest BCUT2D eigenvalue weighted by molar-refractivity contribution is 5.22. The zero-order valence-corrected chi connectivity index (χ0v) is 5.09. The van der Waals surface area contributed by atoms with E-state index in [0.29, 0.717) is 19.9 Å². The van der Waals surface area contributed by atoms with Crippen molar-refractivity contribution in [2.45, 2.75) is 0 Å². The Bertz CT molecular complexity index is 56.4. The normalized spacial score (nSPS) is 9.12. The molecule has 0 aliphatic heterocycles. The monoisotopic (exact) mass is 117 g/mol. The Labute approximate surface area is 49.3 Å². The van der Waals surface area contributed by atoms with Gasteiger partial charge in [0.05, 0.1) is 13.2 Å². The van der Waals surface area contributed by atoms with Crippen LogP contribution in [0.2, 0.25) is 0 Å². The van der Waals surface area contributed by atoms with Gasteiger partial charge in [0.1, 0.15) is 6.73 Å². The second-order valence-corrected chi connectivity index (χ2v) is 1.25. The van der Waals surface area contributed by atoms with Gasteiger partial charge < -0.3 is 9.47 Å². The molecule has 0 fully saturated rings. The molecule has 0 unspecified atom stereocenters. The van der Waals surface area contributed by atoms with Gasteiger partial charge in [0.25, 0.3) is 0 Å². The Morgan fingerprint density at radius 2 is 2.25 bits per heavy atom. The fraction of sp³-hybridized carbons (Fsp3) is 0.800. The number of rotatable bonds is 5. The third-order valence-corrected chi connectivity index (χ3v) is 0.614. The minimum absolute atomic E-state index is 0.364. The molecule has 0 aromatic heterocycles. The molecular formula is C5H11NO2. The standard InChI is InChI=1S/C5H11NO2/c1-6-5-8-4-3-7-2/h1,3-5H2,2H3. The van der Waals surface area contributed by atoms with Crippen molar-refractivity contribution in [3.05, 3.63) is 0 Å². The van der Waals surface area contributed by atoms with Crippen LogP contribution < -0.4 is 0 Å². The molecule has 0 atom stereocenters. The van der Waals surface area contributed by atoms with E-state index in [4.69, 9.17) is 9.47 Å². The largest absolute Gasteiger partial charge is 0.382 e. The number of hydrogen-bond donors (Lipinski definition) is 0. The molecule has 0 bridgehead atoms. The maximum absolute atomic E-state index is 4.87. The third-order valence-electron chi connectivity index (χ3n) is 0.614. The van der Waals surface area contributed by atoms with Crippen LogP contribution in [0.5, 0.6) is 0 Å². The van der Waals surface area contributed by atoms with Crippen molar-refractivity contribution in [2.75, 3.05) is 27.1 Å². The van der Waals surface area contributed by atoms with Crippen molar-refractivity contribution in [1.29, 1.82) is 0 Å². The van der Waals surface area contributed by atoms with Gasteiger partial charge in [-0.25, -0.2) is 0 Å². The lowest BCUT2D eigenvalue weighted by Crippen LogP contribution is -2.00. The van der Waals surface area contributed by atoms with Crippen LogP contribution in [0.25, 0.3) is 0 Å². The molecule has 0 saturated heterocycles. The maximum atomic E-state index is 4.87. The van der Waals surface area contributed by atoms with Crippen LogP contribution in [0.4, 0.5) is 0 Å². The van der Waals surface area contributed by atoms with Gasteiger partial charge in [-0.15, -0.1) is 0 Å². The average Bonchev–Trinajstić information content (AvgIpc) is 1.81. The van der Waals surface area contributed by atoms with Crippen molar-refractivity contribution in [2.24, 2.45) is 4.99 Å². The van der Waals surface area contributed by atoms with Crippen LogP contribution in [0.1, 0.15) is 0 Å². The van der Waals surface area contributed by atoms with E-state index < -0.39 is 0 Å². The molecular weight excluding hydrogens is 106 g/mol. The van der Waals surface area contributed by atoms with E-state index in [9.17, 15) is 0 Å². The van der Waals surface area contributed by atoms with Gasteiger partial charge in [0.2, 0.25) is 0 Å². The molecule has 48 valence electrons. The topological polar surface area (TPSA) is 30.8 Å². The summed E-state index contributed by atoms with van der Waals surface area (Å²) in [7, 11) is 1.63. The Morgan fingerprint density at radius 1 is 1.50 bits per heavy atom. The molecule has 3 heteroatoms. The zero-order valence-electron chi connectivity index (χ0n) is 5.09. The van der Waals surface area contributed by atoms with Gasteiger partial charge in [-0.2, -0.15) is 0 Å². The van der Waals surface area contributed by atoms with Crippen molar-refractivity contribution in [3.63, 3.8) is 0 Å². The maximum Gasteiger partial charge on any atom is 0.136 e. The van der Waals surface area contributed by atoms with E-state index >= 15 is 0 Å². The predicted octanol–water partition coefficient (Wildman–Crippen LogP) is 0.308. The first kappa shape index (κ1) is 7.59. The van der Waals surface area contributed by atoms with Crippen molar-refractivity contribution in [3.8, 4) is 0 Å². The second-order valence-electron chi connectivity index (χ2n) is 1.25. The highest BCUT2D eigenvalue weighted by atomic mass is 16.5. The van der Waals surface area contributed by atoms with Gasteiger partial charge in [-0.3, -0.25) is 4.99 Å². The molecule has 0 rings (SSSR count). The summed E-state index contributed by atoms with van der Waals surface area (Å²) in [6.07, 6.45) is 0. The minimum Gasteiger partial charge on any atom is -0.382 e. The smallest absolute Gasteiger partial charge is 0.136 e. The molecule has 0 aliphatic carbocycles. The van der Waals surface area contributed by atoms with Gasteiger partial charge in [-0.05, 0) is 6.72 Å². The summed E-state index contributed by atoms with van der Waals surface area (Å²) in [5, 5.41) is 0. The molecule has 0 amide bonds. The number of aliphatic imine (C=N–C) groups is 1. The van der Waals surface area contributed by atoms with Crippen LogP contribution in [-0.4, -0.2) is 33.8 Å². The van der Waals surface area contributed by atoms with Gasteiger partial charge >= 0.3 is 0 Å². The molecule has 8 heavy (non-hydrogen) atoms. The molecule has 3 nitrogen and oxygen atoms in total. The first-order valence-electron chi connectivity index (χ1n) is 2.41. The lowest BCUT2D eigenvalue weighted by molar-refractivity contribution is 0.0752. The quantitative estimate of drug-likeness (QED) is 0.383. The van der Waals surface area contributed by atoms with E-state index in [1.807, 2.05) is 0 Å². The fourth-order valence-electron chi connectivity index (χ4n) is 0.271. The van der Waals surface area contributed by atoms with E-state index in [0.717, 1.165) is 0 Å². The third kappa shape index (κ3) is 5.59. The van der Waals surface area contributed by atoms with E-state index in [1.54, 1.807) is 7.11 Å². The highest BCUT2D eigenvalue weighted by Crippen LogP contribution is 1.73. The fourth-order valence-corrected chi connectivity index (χ4v) is 0.271. The number of hydrogen-bond acceptors (Lipinski definition) is 3. The Balaban J connectivity index is 2.62. The first-order chi connectivity index (χ1) is 3.91. The van der Waals surface area contributed by atoms with E-state index in [2.05, 4.69) is 11.7 Å². The summed E-state index contributed by atoms with van der Waals surface area (Å²) >= 11 is 0. The molecule has 0 aromatic rings. The zero-order chi connectivity index (χ0) is 6.24. The second kappa shape index (κ2) is 6.59. The molecule has 0 spiro atoms. The van der Waals surface area contributed by atoms with Crippen LogP contribution in [0.3, 0.4) is 0 Å². The van der Waals surface area contributed by atoms with Crippen LogP contribution in [0, 0.1) is 0 Å². The molecule has 0 aliphatic rings. The number of ether oxygens (including phenoxy) is 2. The Kier molecular flexibility index (Phi) is 6.25. The lowest BCUT2D eigenvalue weighted by Gasteiger charge is -1.96. The summed E-state index contributed by atoms with van der Waals surface area (Å²) in [5.41, 5.74) is 0. The first-order valence-corrected chi connectivity index (χ1v) is 2.41. The number of nitrogens with zero attached hydrogens (tertiary/aromatic N) is 1. The van der Waals surface area contributed by atoms with Gasteiger partial charge in [-0.1, -0.05) is 0 Å². The minimum atomic E-state index is 0.364. The molecule has 0 saturated carbocycles. The molecule has 0 aromatic carbocycles. The van der Waals surface area contributed by atoms with Crippen molar-refractivity contribution in [1.82, 2.24) is 0 Å². The van der Waals surface area contributed by atoms with Crippen LogP contribution in [0.15, 0.2) is 4.99 Å². The highest BCUT2D eigenvalue weighted by Gasteiger charge is 1.80. The Hall–Kier alpha value is -0.410. The van der Waals surface area contributed by atoms with Gasteiger partial charge in [0, 0.05) is 7.11 Å². The van der Waals surface area contributed by atoms with Crippen LogP contribution >= 0.6 is 0 Å². The summed E-state index contributed by atoms with van der Waals surface area (Å²) in [6.45, 7) is 4.82. The van der Waals surface area contributed by atoms with Crippen LogP contribution in [-0.2, 0) is 9.47 Å². The van der Waals surface area contributed by atoms with E-state index in [-0.39, 0.29) is 0 Å². The number of methoxy groups -OCH3 is 1. The van der Waals surface area contributed by atoms with E-state index in [1.165, 1.54) is 0 Å². The average molecular weight is 117 g/mol. The lowest BCUT2D eigenvalue weighted by atomic mass is 10.8. The summed E-state index contributed by atoms with van der Waals surface area (Å²) in [5.74, 6) is 0. The van der Waals surface area contributed by atoms with Gasteiger partial charge in [0.15, 0.2) is 0 Å².